The quantitative estimate of drug-likeness (QED) is 0.524. The molecule has 0 aliphatic carbocycles. The molecule has 0 radical (unpaired) electrons. The summed E-state index contributed by atoms with van der Waals surface area (Å²) in [4.78, 5) is 24.1. The van der Waals surface area contributed by atoms with Crippen molar-refractivity contribution >= 4 is 23.9 Å². The van der Waals surface area contributed by atoms with Gasteiger partial charge in [0.05, 0.1) is 0 Å². The minimum Gasteiger partial charge on any atom is -0.341 e. The number of benzene rings is 2. The first kappa shape index (κ1) is 18.9. The summed E-state index contributed by atoms with van der Waals surface area (Å²) in [6.07, 6.45) is 6.52. The first-order chi connectivity index (χ1) is 12.2. The van der Waals surface area contributed by atoms with Gasteiger partial charge in [-0.3, -0.25) is 9.59 Å². The number of anilines is 2. The SMILES string of the molecule is CCCCC(CC)CN(c1ccc(C=O)cc1)c1ccc(C=O)cc1. The highest BCUT2D eigenvalue weighted by molar-refractivity contribution is 5.78. The topological polar surface area (TPSA) is 37.4 Å². The largest absolute Gasteiger partial charge is 0.341 e. The van der Waals surface area contributed by atoms with Crippen LogP contribution in [0.4, 0.5) is 11.4 Å². The van der Waals surface area contributed by atoms with E-state index in [4.69, 9.17) is 0 Å². The number of aldehydes is 2. The first-order valence-corrected chi connectivity index (χ1v) is 9.09. The van der Waals surface area contributed by atoms with Crippen LogP contribution in [0.5, 0.6) is 0 Å². The number of hydrogen-bond acceptors (Lipinski definition) is 3. The van der Waals surface area contributed by atoms with Gasteiger partial charge in [-0.1, -0.05) is 33.1 Å². The van der Waals surface area contributed by atoms with E-state index in [1.54, 1.807) is 0 Å². The molecule has 3 nitrogen and oxygen atoms in total. The monoisotopic (exact) mass is 337 g/mol. The number of carbonyl (C=O) groups is 2. The number of hydrogen-bond donors (Lipinski definition) is 0. The van der Waals surface area contributed by atoms with Crippen molar-refractivity contribution in [3.05, 3.63) is 59.7 Å². The van der Waals surface area contributed by atoms with E-state index in [0.717, 1.165) is 36.9 Å². The van der Waals surface area contributed by atoms with Crippen LogP contribution in [0.1, 0.15) is 60.2 Å². The normalized spacial score (nSPS) is 11.8. The average Bonchev–Trinajstić information content (AvgIpc) is 2.68. The lowest BCUT2D eigenvalue weighted by Crippen LogP contribution is -2.25. The molecule has 0 aliphatic heterocycles. The molecule has 0 spiro atoms. The second kappa shape index (κ2) is 9.77. The van der Waals surface area contributed by atoms with Crippen molar-refractivity contribution in [1.29, 1.82) is 0 Å². The van der Waals surface area contributed by atoms with E-state index in [9.17, 15) is 9.59 Å². The molecule has 3 heteroatoms. The number of unbranched alkanes of at least 4 members (excludes halogenated alkanes) is 1. The van der Waals surface area contributed by atoms with E-state index in [1.807, 2.05) is 48.5 Å². The standard InChI is InChI=1S/C22H27NO2/c1-3-5-6-18(4-2)15-23(21-11-7-19(16-24)8-12-21)22-13-9-20(17-25)10-14-22/h7-14,16-18H,3-6,15H2,1-2H3. The summed E-state index contributed by atoms with van der Waals surface area (Å²) < 4.78 is 0. The van der Waals surface area contributed by atoms with Crippen LogP contribution >= 0.6 is 0 Å². The molecule has 0 amide bonds. The zero-order valence-corrected chi connectivity index (χ0v) is 15.2. The molecule has 25 heavy (non-hydrogen) atoms. The molecule has 0 fully saturated rings. The Morgan fingerprint density at radius 2 is 1.32 bits per heavy atom. The van der Waals surface area contributed by atoms with Crippen LogP contribution in [0.15, 0.2) is 48.5 Å². The van der Waals surface area contributed by atoms with Gasteiger partial charge in [-0.15, -0.1) is 0 Å². The van der Waals surface area contributed by atoms with Crippen LogP contribution in [-0.2, 0) is 0 Å². The third-order valence-corrected chi connectivity index (χ3v) is 4.67. The van der Waals surface area contributed by atoms with Gasteiger partial charge in [0.25, 0.3) is 0 Å². The van der Waals surface area contributed by atoms with Gasteiger partial charge in [-0.05, 0) is 60.9 Å². The zero-order chi connectivity index (χ0) is 18.1. The van der Waals surface area contributed by atoms with Gasteiger partial charge in [0, 0.05) is 29.0 Å². The number of rotatable bonds is 10. The minimum absolute atomic E-state index is 0.608. The Balaban J connectivity index is 2.31. The van der Waals surface area contributed by atoms with Crippen molar-refractivity contribution < 1.29 is 9.59 Å². The molecule has 2 aromatic rings. The Hall–Kier alpha value is -2.42. The maximum absolute atomic E-state index is 10.9. The Morgan fingerprint density at radius 3 is 1.68 bits per heavy atom. The van der Waals surface area contributed by atoms with Crippen molar-refractivity contribution in [1.82, 2.24) is 0 Å². The summed E-state index contributed by atoms with van der Waals surface area (Å²) in [7, 11) is 0. The third kappa shape index (κ3) is 5.28. The molecule has 0 aromatic heterocycles. The third-order valence-electron chi connectivity index (χ3n) is 4.67. The lowest BCUT2D eigenvalue weighted by Gasteiger charge is -2.29. The second-order valence-electron chi connectivity index (χ2n) is 6.45. The average molecular weight is 337 g/mol. The lowest BCUT2D eigenvalue weighted by atomic mass is 9.98. The van der Waals surface area contributed by atoms with Crippen LogP contribution < -0.4 is 4.90 Å². The van der Waals surface area contributed by atoms with E-state index in [0.29, 0.717) is 17.0 Å². The minimum atomic E-state index is 0.608. The maximum Gasteiger partial charge on any atom is 0.150 e. The number of nitrogens with zero attached hydrogens (tertiary/aromatic N) is 1. The Labute approximate surface area is 150 Å². The molecule has 1 atom stereocenters. The fourth-order valence-corrected chi connectivity index (χ4v) is 3.00. The van der Waals surface area contributed by atoms with Crippen molar-refractivity contribution in [2.24, 2.45) is 5.92 Å². The summed E-state index contributed by atoms with van der Waals surface area (Å²) in [5.74, 6) is 0.608. The highest BCUT2D eigenvalue weighted by Gasteiger charge is 2.15. The summed E-state index contributed by atoms with van der Waals surface area (Å²) in [5, 5.41) is 0. The molecular weight excluding hydrogens is 310 g/mol. The van der Waals surface area contributed by atoms with Crippen molar-refractivity contribution in [3.8, 4) is 0 Å². The molecule has 0 saturated heterocycles. The fraction of sp³-hybridized carbons (Fsp3) is 0.364. The van der Waals surface area contributed by atoms with Gasteiger partial charge in [-0.2, -0.15) is 0 Å². The zero-order valence-electron chi connectivity index (χ0n) is 15.2. The summed E-state index contributed by atoms with van der Waals surface area (Å²) in [5.41, 5.74) is 3.50. The molecule has 1 unspecified atom stereocenters. The second-order valence-corrected chi connectivity index (χ2v) is 6.45. The molecule has 0 saturated carbocycles. The van der Waals surface area contributed by atoms with Gasteiger partial charge in [-0.25, -0.2) is 0 Å². The molecular formula is C22H27NO2. The predicted octanol–water partition coefficient (Wildman–Crippen LogP) is 5.67. The van der Waals surface area contributed by atoms with E-state index in [2.05, 4.69) is 18.7 Å². The molecule has 0 heterocycles. The summed E-state index contributed by atoms with van der Waals surface area (Å²) in [6, 6.07) is 15.4. The Kier molecular flexibility index (Phi) is 7.39. The van der Waals surface area contributed by atoms with Gasteiger partial charge in [0.1, 0.15) is 12.6 Å². The first-order valence-electron chi connectivity index (χ1n) is 9.09. The van der Waals surface area contributed by atoms with E-state index < -0.39 is 0 Å². The molecule has 0 aliphatic rings. The van der Waals surface area contributed by atoms with Crippen LogP contribution in [0.2, 0.25) is 0 Å². The van der Waals surface area contributed by atoms with Crippen LogP contribution in [0.3, 0.4) is 0 Å². The molecule has 2 aromatic carbocycles. The smallest absolute Gasteiger partial charge is 0.150 e. The highest BCUT2D eigenvalue weighted by atomic mass is 16.1. The predicted molar refractivity (Wildman–Crippen MR) is 104 cm³/mol. The highest BCUT2D eigenvalue weighted by Crippen LogP contribution is 2.29. The van der Waals surface area contributed by atoms with Crippen LogP contribution in [0.25, 0.3) is 0 Å². The molecule has 2 rings (SSSR count). The molecule has 132 valence electrons. The van der Waals surface area contributed by atoms with Crippen molar-refractivity contribution in [3.63, 3.8) is 0 Å². The summed E-state index contributed by atoms with van der Waals surface area (Å²) >= 11 is 0. The summed E-state index contributed by atoms with van der Waals surface area (Å²) in [6.45, 7) is 5.39. The van der Waals surface area contributed by atoms with Gasteiger partial charge in [0.15, 0.2) is 0 Å². The lowest BCUT2D eigenvalue weighted by molar-refractivity contribution is 0.111. The Bertz CT molecular complexity index is 610. The van der Waals surface area contributed by atoms with Crippen molar-refractivity contribution in [2.75, 3.05) is 11.4 Å². The van der Waals surface area contributed by atoms with Crippen LogP contribution in [0, 0.1) is 5.92 Å². The molecule has 0 bridgehead atoms. The maximum atomic E-state index is 10.9. The van der Waals surface area contributed by atoms with E-state index in [-0.39, 0.29) is 0 Å². The van der Waals surface area contributed by atoms with Gasteiger partial charge in [0.2, 0.25) is 0 Å². The fourth-order valence-electron chi connectivity index (χ4n) is 3.00. The Morgan fingerprint density at radius 1 is 0.840 bits per heavy atom. The van der Waals surface area contributed by atoms with Gasteiger partial charge < -0.3 is 4.90 Å². The van der Waals surface area contributed by atoms with Gasteiger partial charge >= 0.3 is 0 Å². The van der Waals surface area contributed by atoms with Crippen LogP contribution in [-0.4, -0.2) is 19.1 Å². The number of carbonyl (C=O) groups excluding carboxylic acids is 2. The molecule has 0 N–H and O–H groups in total. The van der Waals surface area contributed by atoms with E-state index in [1.165, 1.54) is 19.3 Å². The van der Waals surface area contributed by atoms with E-state index >= 15 is 0 Å². The van der Waals surface area contributed by atoms with Crippen molar-refractivity contribution in [2.45, 2.75) is 39.5 Å².